The summed E-state index contributed by atoms with van der Waals surface area (Å²) >= 11 is 0. The summed E-state index contributed by atoms with van der Waals surface area (Å²) in [6.07, 6.45) is 2.58. The van der Waals surface area contributed by atoms with Crippen LogP contribution in [0.5, 0.6) is 5.75 Å². The Labute approximate surface area is 220 Å². The lowest BCUT2D eigenvalue weighted by Gasteiger charge is -2.64. The summed E-state index contributed by atoms with van der Waals surface area (Å²) in [6.45, 7) is 11.0. The van der Waals surface area contributed by atoms with E-state index in [2.05, 4.69) is 26.1 Å². The van der Waals surface area contributed by atoms with E-state index in [1.165, 1.54) is 7.11 Å². The predicted molar refractivity (Wildman–Crippen MR) is 139 cm³/mol. The molecule has 1 heterocycles. The fraction of sp³-hybridized carbons (Fsp3) is 0.679. The van der Waals surface area contributed by atoms with Crippen LogP contribution in [0.2, 0.25) is 0 Å². The minimum Gasteiger partial charge on any atom is -0.496 e. The van der Waals surface area contributed by atoms with Crippen LogP contribution in [0, 0.1) is 34.5 Å². The Kier molecular flexibility index (Phi) is 7.92. The van der Waals surface area contributed by atoms with Gasteiger partial charge in [-0.2, -0.15) is 5.26 Å². The Bertz CT molecular complexity index is 1070. The molecular weight excluding hydrogens is 471 g/mol. The third-order valence-corrected chi connectivity index (χ3v) is 8.62. The molecule has 5 atom stereocenters. The Morgan fingerprint density at radius 1 is 1.27 bits per heavy atom. The molecule has 8 nitrogen and oxygen atoms in total. The van der Waals surface area contributed by atoms with E-state index in [0.717, 1.165) is 18.4 Å². The molecule has 2 bridgehead atoms. The van der Waals surface area contributed by atoms with Crippen LogP contribution in [0.15, 0.2) is 18.2 Å². The molecule has 1 saturated heterocycles. The molecule has 200 valence electrons. The summed E-state index contributed by atoms with van der Waals surface area (Å²) in [5.74, 6) is 0.407. The van der Waals surface area contributed by atoms with E-state index in [4.69, 9.17) is 24.0 Å². The van der Waals surface area contributed by atoms with Crippen molar-refractivity contribution in [2.24, 2.45) is 23.2 Å². The van der Waals surface area contributed by atoms with Gasteiger partial charge in [0.1, 0.15) is 11.3 Å². The zero-order chi connectivity index (χ0) is 27.0. The second-order valence-corrected chi connectivity index (χ2v) is 11.9. The maximum atomic E-state index is 12.8. The molecule has 1 aliphatic heterocycles. The normalized spacial score (nSPS) is 28.1. The van der Waals surface area contributed by atoms with E-state index < -0.39 is 24.6 Å². The van der Waals surface area contributed by atoms with Gasteiger partial charge >= 0.3 is 13.1 Å². The van der Waals surface area contributed by atoms with Gasteiger partial charge in [0.15, 0.2) is 0 Å². The molecule has 1 aromatic rings. The monoisotopic (exact) mass is 510 g/mol. The molecule has 9 heteroatoms. The molecule has 0 radical (unpaired) electrons. The smallest absolute Gasteiger partial charge is 0.482 e. The highest BCUT2D eigenvalue weighted by atomic mass is 16.7. The molecular formula is C28H39BN2O6. The number of methoxy groups -OCH3 is 1. The van der Waals surface area contributed by atoms with E-state index in [1.54, 1.807) is 12.1 Å². The van der Waals surface area contributed by atoms with Gasteiger partial charge in [0.25, 0.3) is 0 Å². The van der Waals surface area contributed by atoms with Crippen molar-refractivity contribution in [3.8, 4) is 11.8 Å². The van der Waals surface area contributed by atoms with Crippen molar-refractivity contribution in [3.05, 3.63) is 29.3 Å². The van der Waals surface area contributed by atoms with Gasteiger partial charge in [-0.15, -0.1) is 0 Å². The second-order valence-electron chi connectivity index (χ2n) is 11.9. The lowest BCUT2D eigenvalue weighted by Crippen LogP contribution is -2.65. The van der Waals surface area contributed by atoms with Crippen molar-refractivity contribution >= 4 is 19.0 Å². The number of carbonyl (C=O) groups is 2. The summed E-state index contributed by atoms with van der Waals surface area (Å²) in [6, 6.07) is 7.36. The van der Waals surface area contributed by atoms with Gasteiger partial charge < -0.3 is 24.1 Å². The van der Waals surface area contributed by atoms with E-state index in [-0.39, 0.29) is 36.2 Å². The van der Waals surface area contributed by atoms with Crippen molar-refractivity contribution < 1.29 is 28.4 Å². The molecule has 0 spiro atoms. The number of rotatable bonds is 10. The van der Waals surface area contributed by atoms with Crippen molar-refractivity contribution in [2.45, 2.75) is 84.4 Å². The number of carbonyl (C=O) groups excluding carboxylic acids is 2. The first-order valence-corrected chi connectivity index (χ1v) is 13.3. The molecule has 5 unspecified atom stereocenters. The van der Waals surface area contributed by atoms with Crippen molar-refractivity contribution in [1.29, 1.82) is 5.26 Å². The number of para-hydroxylation sites is 1. The van der Waals surface area contributed by atoms with Gasteiger partial charge in [0.2, 0.25) is 5.91 Å². The first kappa shape index (κ1) is 27.5. The van der Waals surface area contributed by atoms with E-state index in [9.17, 15) is 9.59 Å². The molecule has 1 amide bonds. The number of benzene rings is 1. The van der Waals surface area contributed by atoms with Crippen LogP contribution in [0.4, 0.5) is 0 Å². The van der Waals surface area contributed by atoms with Crippen LogP contribution >= 0.6 is 0 Å². The van der Waals surface area contributed by atoms with Crippen LogP contribution in [0.1, 0.15) is 76.2 Å². The van der Waals surface area contributed by atoms with Crippen LogP contribution < -0.4 is 10.1 Å². The number of amides is 1. The number of ether oxygens (including phenoxy) is 2. The predicted octanol–water partition coefficient (Wildman–Crippen LogP) is 4.11. The lowest BCUT2D eigenvalue weighted by atomic mass is 9.43. The highest BCUT2D eigenvalue weighted by molar-refractivity contribution is 6.48. The zero-order valence-electron chi connectivity index (χ0n) is 22.8. The summed E-state index contributed by atoms with van der Waals surface area (Å²) in [7, 11) is 0.865. The third-order valence-electron chi connectivity index (χ3n) is 8.62. The molecule has 3 saturated carbocycles. The minimum absolute atomic E-state index is 0.0352. The molecule has 5 rings (SSSR count). The standard InChI is InChI=1S/C28H39BN2O6/c1-17(2)16-35-26(33)20-10-7-9-18(25(20)34-6)13-23(31-24(32)11-8-12-30)29-36-22-15-19-14-21(27(19,3)4)28(22,5)37-29/h7,9-10,17,19,21-23H,8,11,13-16H2,1-6H3,(H,31,32). The average molecular weight is 510 g/mol. The van der Waals surface area contributed by atoms with E-state index in [0.29, 0.717) is 36.2 Å². The SMILES string of the molecule is COc1c(CC(NC(=O)CCC#N)B2OC3CC4CC(C4(C)C)C3(C)O2)cccc1C(=O)OCC(C)C. The number of hydrogen-bond acceptors (Lipinski definition) is 7. The number of esters is 1. The summed E-state index contributed by atoms with van der Waals surface area (Å²) in [5, 5.41) is 12.0. The number of nitrogens with zero attached hydrogens (tertiary/aromatic N) is 1. The molecule has 4 aliphatic rings. The quantitative estimate of drug-likeness (QED) is 0.373. The second kappa shape index (κ2) is 10.7. The summed E-state index contributed by atoms with van der Waals surface area (Å²) in [4.78, 5) is 25.5. The zero-order valence-corrected chi connectivity index (χ0v) is 22.8. The van der Waals surface area contributed by atoms with Crippen molar-refractivity contribution in [3.63, 3.8) is 0 Å². The maximum Gasteiger partial charge on any atom is 0.482 e. The lowest BCUT2D eigenvalue weighted by molar-refractivity contribution is -0.199. The average Bonchev–Trinajstić information content (AvgIpc) is 3.22. The molecule has 0 aromatic heterocycles. The van der Waals surface area contributed by atoms with Crippen LogP contribution in [0.25, 0.3) is 0 Å². The maximum absolute atomic E-state index is 12.8. The van der Waals surface area contributed by atoms with E-state index >= 15 is 0 Å². The van der Waals surface area contributed by atoms with Crippen LogP contribution in [0.3, 0.4) is 0 Å². The van der Waals surface area contributed by atoms with Crippen LogP contribution in [-0.4, -0.2) is 50.4 Å². The molecule has 3 aliphatic carbocycles. The highest BCUT2D eigenvalue weighted by Gasteiger charge is 2.68. The number of hydrogen-bond donors (Lipinski definition) is 1. The highest BCUT2D eigenvalue weighted by Crippen LogP contribution is 2.65. The fourth-order valence-electron chi connectivity index (χ4n) is 6.44. The molecule has 4 fully saturated rings. The van der Waals surface area contributed by atoms with Crippen LogP contribution in [-0.2, 0) is 25.3 Å². The number of nitrogens with one attached hydrogen (secondary N) is 1. The minimum atomic E-state index is -0.655. The van der Waals surface area contributed by atoms with Gasteiger partial charge in [-0.25, -0.2) is 4.79 Å². The van der Waals surface area contributed by atoms with Gasteiger partial charge in [0, 0.05) is 12.8 Å². The summed E-state index contributed by atoms with van der Waals surface area (Å²) < 4.78 is 24.3. The topological polar surface area (TPSA) is 107 Å². The molecule has 37 heavy (non-hydrogen) atoms. The fourth-order valence-corrected chi connectivity index (χ4v) is 6.44. The van der Waals surface area contributed by atoms with Gasteiger partial charge in [-0.3, -0.25) is 4.79 Å². The van der Waals surface area contributed by atoms with E-state index in [1.807, 2.05) is 26.0 Å². The van der Waals surface area contributed by atoms with Crippen molar-refractivity contribution in [1.82, 2.24) is 5.32 Å². The Balaban J connectivity index is 1.59. The molecule has 1 aromatic carbocycles. The largest absolute Gasteiger partial charge is 0.496 e. The number of nitriles is 1. The third kappa shape index (κ3) is 5.24. The Morgan fingerprint density at radius 3 is 2.68 bits per heavy atom. The summed E-state index contributed by atoms with van der Waals surface area (Å²) in [5.41, 5.74) is 0.851. The van der Waals surface area contributed by atoms with Gasteiger partial charge in [0.05, 0.1) is 37.4 Å². The Hall–Kier alpha value is -2.57. The first-order chi connectivity index (χ1) is 17.5. The molecule has 1 N–H and O–H groups in total. The van der Waals surface area contributed by atoms with Crippen molar-refractivity contribution in [2.75, 3.05) is 13.7 Å². The van der Waals surface area contributed by atoms with Gasteiger partial charge in [-0.1, -0.05) is 39.8 Å². The first-order valence-electron chi connectivity index (χ1n) is 13.3. The Morgan fingerprint density at radius 2 is 2.03 bits per heavy atom. The van der Waals surface area contributed by atoms with Gasteiger partial charge in [-0.05, 0) is 61.0 Å².